The van der Waals surface area contributed by atoms with Gasteiger partial charge in [0, 0.05) is 26.0 Å². The molecule has 1 atom stereocenters. The van der Waals surface area contributed by atoms with E-state index in [1.807, 2.05) is 23.9 Å². The average molecular weight is 421 g/mol. The third-order valence-corrected chi connectivity index (χ3v) is 5.32. The average Bonchev–Trinajstić information content (AvgIpc) is 3.23. The number of amides is 1. The van der Waals surface area contributed by atoms with Crippen molar-refractivity contribution < 1.29 is 9.21 Å². The smallest absolute Gasteiger partial charge is 0.286 e. The summed E-state index contributed by atoms with van der Waals surface area (Å²) in [6.45, 7) is 2.88. The number of nitrogens with zero attached hydrogens (tertiary/aromatic N) is 2. The first-order valence-corrected chi connectivity index (χ1v) is 9.38. The number of rotatable bonds is 7. The number of furan rings is 1. The highest BCUT2D eigenvalue weighted by Gasteiger charge is 2.15. The lowest BCUT2D eigenvalue weighted by Crippen LogP contribution is -2.33. The Kier molecular flexibility index (Phi) is 10.2. The lowest BCUT2D eigenvalue weighted by molar-refractivity contribution is 0.0921. The minimum absolute atomic E-state index is 0. The van der Waals surface area contributed by atoms with Crippen molar-refractivity contribution in [2.45, 2.75) is 30.2 Å². The van der Waals surface area contributed by atoms with Crippen LogP contribution in [-0.2, 0) is 12.8 Å². The van der Waals surface area contributed by atoms with Crippen LogP contribution in [0.25, 0.3) is 0 Å². The number of thioether (sulfide) groups is 1. The van der Waals surface area contributed by atoms with E-state index in [0.717, 1.165) is 30.4 Å². The Morgan fingerprint density at radius 3 is 3.00 bits per heavy atom. The van der Waals surface area contributed by atoms with Crippen LogP contribution >= 0.6 is 36.6 Å². The van der Waals surface area contributed by atoms with E-state index in [-0.39, 0.29) is 30.7 Å². The van der Waals surface area contributed by atoms with Gasteiger partial charge in [-0.3, -0.25) is 4.79 Å². The number of carbonyl (C=O) groups is 1. The van der Waals surface area contributed by atoms with E-state index in [1.165, 1.54) is 12.8 Å². The van der Waals surface area contributed by atoms with Gasteiger partial charge < -0.3 is 19.6 Å². The number of aryl methyl sites for hydroxylation is 1. The second kappa shape index (κ2) is 11.5. The summed E-state index contributed by atoms with van der Waals surface area (Å²) in [5, 5.41) is 7.28. The van der Waals surface area contributed by atoms with Crippen LogP contribution in [0.5, 0.6) is 0 Å². The van der Waals surface area contributed by atoms with Gasteiger partial charge in [-0.05, 0) is 50.4 Å². The largest absolute Gasteiger partial charge is 0.455 e. The minimum atomic E-state index is -0.132. The molecule has 2 aromatic heterocycles. The molecule has 1 fully saturated rings. The van der Waals surface area contributed by atoms with Crippen LogP contribution in [0.1, 0.15) is 35.6 Å². The van der Waals surface area contributed by atoms with Crippen LogP contribution in [0, 0.1) is 5.92 Å². The number of imidazole rings is 1. The lowest BCUT2D eigenvalue weighted by atomic mass is 9.96. The number of piperidine rings is 1. The summed E-state index contributed by atoms with van der Waals surface area (Å²) in [6, 6.07) is 3.60. The van der Waals surface area contributed by atoms with Crippen LogP contribution < -0.4 is 10.6 Å². The summed E-state index contributed by atoms with van der Waals surface area (Å²) in [5.74, 6) is 2.36. The fraction of sp³-hybridized carbons (Fsp3) is 0.529. The van der Waals surface area contributed by atoms with Gasteiger partial charge in [0.15, 0.2) is 10.9 Å². The number of hydrogen-bond donors (Lipinski definition) is 2. The van der Waals surface area contributed by atoms with Crippen LogP contribution in [0.4, 0.5) is 0 Å². The third kappa shape index (κ3) is 6.54. The summed E-state index contributed by atoms with van der Waals surface area (Å²) < 4.78 is 7.60. The molecule has 1 aliphatic rings. The van der Waals surface area contributed by atoms with E-state index >= 15 is 0 Å². The van der Waals surface area contributed by atoms with Gasteiger partial charge in [0.05, 0.1) is 5.75 Å². The Hall–Kier alpha value is -1.15. The lowest BCUT2D eigenvalue weighted by Gasteiger charge is -2.22. The summed E-state index contributed by atoms with van der Waals surface area (Å²) in [7, 11) is 1.96. The van der Waals surface area contributed by atoms with E-state index in [4.69, 9.17) is 4.42 Å². The van der Waals surface area contributed by atoms with E-state index in [1.54, 1.807) is 24.0 Å². The van der Waals surface area contributed by atoms with E-state index in [9.17, 15) is 4.79 Å². The Balaban J connectivity index is 0.00000169. The van der Waals surface area contributed by atoms with Crippen molar-refractivity contribution in [3.05, 3.63) is 36.0 Å². The Bertz CT molecular complexity index is 671. The standard InChI is InChI=1S/C17H24N4O2S.2ClH/c1-21-10-9-20-17(21)24-12-14-4-5-15(23-14)16(22)19-8-6-13-3-2-7-18-11-13;;/h4-5,9-10,13,18H,2-3,6-8,11-12H2,1H3,(H,19,22);2*1H. The van der Waals surface area contributed by atoms with Crippen molar-refractivity contribution in [1.29, 1.82) is 0 Å². The van der Waals surface area contributed by atoms with Crippen molar-refractivity contribution in [1.82, 2.24) is 20.2 Å². The Labute approximate surface area is 170 Å². The molecule has 1 unspecified atom stereocenters. The summed E-state index contributed by atoms with van der Waals surface area (Å²) in [5.41, 5.74) is 0. The Morgan fingerprint density at radius 1 is 1.46 bits per heavy atom. The van der Waals surface area contributed by atoms with Crippen molar-refractivity contribution in [3.63, 3.8) is 0 Å². The molecule has 26 heavy (non-hydrogen) atoms. The van der Waals surface area contributed by atoms with Crippen molar-refractivity contribution in [2.24, 2.45) is 13.0 Å². The quantitative estimate of drug-likeness (QED) is 0.672. The third-order valence-electron chi connectivity index (χ3n) is 4.24. The fourth-order valence-corrected chi connectivity index (χ4v) is 3.68. The molecule has 1 amide bonds. The van der Waals surface area contributed by atoms with Crippen molar-refractivity contribution in [3.8, 4) is 0 Å². The number of halogens is 2. The molecule has 6 nitrogen and oxygen atoms in total. The zero-order valence-corrected chi connectivity index (χ0v) is 17.2. The monoisotopic (exact) mass is 420 g/mol. The first-order valence-electron chi connectivity index (χ1n) is 8.40. The molecule has 9 heteroatoms. The molecule has 0 spiro atoms. The predicted octanol–water partition coefficient (Wildman–Crippen LogP) is 3.27. The van der Waals surface area contributed by atoms with Gasteiger partial charge in [-0.15, -0.1) is 24.8 Å². The molecule has 146 valence electrons. The van der Waals surface area contributed by atoms with Crippen LogP contribution in [0.3, 0.4) is 0 Å². The topological polar surface area (TPSA) is 72.1 Å². The molecule has 3 rings (SSSR count). The summed E-state index contributed by atoms with van der Waals surface area (Å²) in [6.07, 6.45) is 7.17. The SMILES string of the molecule is Cl.Cl.Cn1ccnc1SCc1ccc(C(=O)NCCC2CCCNC2)o1. The molecule has 3 heterocycles. The molecule has 0 bridgehead atoms. The molecule has 1 saturated heterocycles. The molecule has 0 aliphatic carbocycles. The maximum atomic E-state index is 12.1. The molecule has 2 N–H and O–H groups in total. The second-order valence-corrected chi connectivity index (χ2v) is 7.07. The maximum Gasteiger partial charge on any atom is 0.286 e. The second-order valence-electron chi connectivity index (χ2n) is 6.13. The van der Waals surface area contributed by atoms with Gasteiger partial charge in [0.25, 0.3) is 5.91 Å². The van der Waals surface area contributed by atoms with E-state index < -0.39 is 0 Å². The maximum absolute atomic E-state index is 12.1. The highest BCUT2D eigenvalue weighted by Crippen LogP contribution is 2.22. The summed E-state index contributed by atoms with van der Waals surface area (Å²) in [4.78, 5) is 16.4. The van der Waals surface area contributed by atoms with Crippen molar-refractivity contribution in [2.75, 3.05) is 19.6 Å². The van der Waals surface area contributed by atoms with Gasteiger partial charge in [-0.1, -0.05) is 11.8 Å². The van der Waals surface area contributed by atoms with Crippen LogP contribution in [-0.4, -0.2) is 35.1 Å². The number of carbonyl (C=O) groups excluding carboxylic acids is 1. The van der Waals surface area contributed by atoms with Crippen LogP contribution in [0.15, 0.2) is 34.1 Å². The Morgan fingerprint density at radius 2 is 2.31 bits per heavy atom. The first-order chi connectivity index (χ1) is 11.7. The summed E-state index contributed by atoms with van der Waals surface area (Å²) >= 11 is 1.59. The molecular formula is C17H26Cl2N4O2S. The zero-order chi connectivity index (χ0) is 16.8. The highest BCUT2D eigenvalue weighted by molar-refractivity contribution is 7.98. The molecule has 1 aliphatic heterocycles. The molecule has 2 aromatic rings. The van der Waals surface area contributed by atoms with Gasteiger partial charge >= 0.3 is 0 Å². The minimum Gasteiger partial charge on any atom is -0.455 e. The molecular weight excluding hydrogens is 395 g/mol. The zero-order valence-electron chi connectivity index (χ0n) is 14.8. The fourth-order valence-electron chi connectivity index (χ4n) is 2.85. The number of nitrogens with one attached hydrogen (secondary N) is 2. The highest BCUT2D eigenvalue weighted by atomic mass is 35.5. The number of hydrogen-bond acceptors (Lipinski definition) is 5. The van der Waals surface area contributed by atoms with Gasteiger partial charge in [-0.25, -0.2) is 4.98 Å². The van der Waals surface area contributed by atoms with Gasteiger partial charge in [0.2, 0.25) is 0 Å². The molecule has 0 radical (unpaired) electrons. The van der Waals surface area contributed by atoms with E-state index in [2.05, 4.69) is 15.6 Å². The van der Waals surface area contributed by atoms with Gasteiger partial charge in [-0.2, -0.15) is 0 Å². The first kappa shape index (κ1) is 22.9. The predicted molar refractivity (Wildman–Crippen MR) is 109 cm³/mol. The van der Waals surface area contributed by atoms with Crippen LogP contribution in [0.2, 0.25) is 0 Å². The number of aromatic nitrogens is 2. The van der Waals surface area contributed by atoms with E-state index in [0.29, 0.717) is 24.0 Å². The van der Waals surface area contributed by atoms with Gasteiger partial charge in [0.1, 0.15) is 5.76 Å². The molecule has 0 aromatic carbocycles. The molecule has 0 saturated carbocycles. The van der Waals surface area contributed by atoms with Crippen molar-refractivity contribution >= 4 is 42.5 Å². The normalized spacial score (nSPS) is 16.4.